The Balaban J connectivity index is 0.00000264. The van der Waals surface area contributed by atoms with Gasteiger partial charge in [0, 0.05) is 52.5 Å². The molecular formula is C16H27IN4O2. The van der Waals surface area contributed by atoms with Crippen molar-refractivity contribution in [3.8, 4) is 0 Å². The molecule has 2 heterocycles. The van der Waals surface area contributed by atoms with Gasteiger partial charge in [0.15, 0.2) is 5.96 Å². The Morgan fingerprint density at radius 3 is 2.74 bits per heavy atom. The van der Waals surface area contributed by atoms with Crippen molar-refractivity contribution in [1.82, 2.24) is 15.6 Å². The molecule has 0 bridgehead atoms. The van der Waals surface area contributed by atoms with Gasteiger partial charge in [0.2, 0.25) is 0 Å². The van der Waals surface area contributed by atoms with Gasteiger partial charge in [-0.05, 0) is 19.1 Å². The molecule has 0 aliphatic carbocycles. The zero-order chi connectivity index (χ0) is 15.7. The van der Waals surface area contributed by atoms with Crippen molar-refractivity contribution in [3.63, 3.8) is 0 Å². The summed E-state index contributed by atoms with van der Waals surface area (Å²) in [5, 5.41) is 6.64. The maximum atomic E-state index is 5.73. The zero-order valence-electron chi connectivity index (χ0n) is 13.9. The van der Waals surface area contributed by atoms with Gasteiger partial charge in [0.25, 0.3) is 0 Å². The molecular weight excluding hydrogens is 407 g/mol. The number of ether oxygens (including phenoxy) is 2. The number of rotatable bonds is 6. The van der Waals surface area contributed by atoms with E-state index in [0.717, 1.165) is 50.8 Å². The van der Waals surface area contributed by atoms with E-state index >= 15 is 0 Å². The fraction of sp³-hybridized carbons (Fsp3) is 0.625. The molecule has 0 atom stereocenters. The Labute approximate surface area is 155 Å². The topological polar surface area (TPSA) is 67.8 Å². The molecule has 1 aliphatic rings. The molecule has 23 heavy (non-hydrogen) atoms. The van der Waals surface area contributed by atoms with E-state index in [9.17, 15) is 0 Å². The second-order valence-corrected chi connectivity index (χ2v) is 5.37. The Bertz CT molecular complexity index is 464. The number of pyridine rings is 1. The van der Waals surface area contributed by atoms with Crippen LogP contribution in [0.15, 0.2) is 29.4 Å². The average molecular weight is 434 g/mol. The molecule has 1 aliphatic heterocycles. The number of nitrogens with one attached hydrogen (secondary N) is 2. The summed E-state index contributed by atoms with van der Waals surface area (Å²) in [5.41, 5.74) is 0.784. The Morgan fingerprint density at radius 1 is 1.35 bits per heavy atom. The van der Waals surface area contributed by atoms with Gasteiger partial charge in [0.05, 0.1) is 17.8 Å². The van der Waals surface area contributed by atoms with Crippen LogP contribution in [0.25, 0.3) is 0 Å². The molecule has 0 spiro atoms. The minimum Gasteiger partial charge on any atom is -0.381 e. The van der Waals surface area contributed by atoms with Gasteiger partial charge in [-0.15, -0.1) is 24.0 Å². The highest BCUT2D eigenvalue weighted by Gasteiger charge is 2.32. The molecule has 0 amide bonds. The van der Waals surface area contributed by atoms with Crippen molar-refractivity contribution >= 4 is 29.9 Å². The number of hydrogen-bond acceptors (Lipinski definition) is 4. The van der Waals surface area contributed by atoms with Crippen LogP contribution in [0.1, 0.15) is 25.5 Å². The van der Waals surface area contributed by atoms with E-state index in [1.807, 2.05) is 18.2 Å². The number of aromatic nitrogens is 1. The summed E-state index contributed by atoms with van der Waals surface area (Å²) in [5.74, 6) is 0.788. The van der Waals surface area contributed by atoms with Crippen LogP contribution in [0.3, 0.4) is 0 Å². The van der Waals surface area contributed by atoms with Crippen LogP contribution in [0.2, 0.25) is 0 Å². The molecule has 2 N–H and O–H groups in total. The van der Waals surface area contributed by atoms with Crippen LogP contribution in [0, 0.1) is 0 Å². The zero-order valence-corrected chi connectivity index (χ0v) is 16.2. The molecule has 2 rings (SSSR count). The maximum Gasteiger partial charge on any atom is 0.191 e. The molecule has 1 aromatic heterocycles. The number of halogens is 1. The lowest BCUT2D eigenvalue weighted by molar-refractivity contribution is -0.0855. The van der Waals surface area contributed by atoms with E-state index in [-0.39, 0.29) is 29.6 Å². The van der Waals surface area contributed by atoms with Crippen molar-refractivity contribution in [1.29, 1.82) is 0 Å². The first-order chi connectivity index (χ1) is 10.8. The van der Waals surface area contributed by atoms with Gasteiger partial charge in [0.1, 0.15) is 0 Å². The van der Waals surface area contributed by atoms with E-state index in [1.165, 1.54) is 0 Å². The summed E-state index contributed by atoms with van der Waals surface area (Å²) in [4.78, 5) is 8.87. The minimum atomic E-state index is -0.167. The summed E-state index contributed by atoms with van der Waals surface area (Å²) in [6, 6.07) is 5.85. The van der Waals surface area contributed by atoms with Crippen LogP contribution in [0.5, 0.6) is 0 Å². The second kappa shape index (κ2) is 10.8. The fourth-order valence-electron chi connectivity index (χ4n) is 2.43. The number of aliphatic imine (C=N–C) groups is 1. The minimum absolute atomic E-state index is 0. The summed E-state index contributed by atoms with van der Waals surface area (Å²) in [7, 11) is 1.77. The molecule has 7 heteroatoms. The third-order valence-electron chi connectivity index (χ3n) is 3.88. The van der Waals surface area contributed by atoms with Gasteiger partial charge < -0.3 is 20.1 Å². The maximum absolute atomic E-state index is 5.73. The largest absolute Gasteiger partial charge is 0.381 e. The lowest BCUT2D eigenvalue weighted by Crippen LogP contribution is -2.50. The van der Waals surface area contributed by atoms with E-state index in [0.29, 0.717) is 6.54 Å². The van der Waals surface area contributed by atoms with Gasteiger partial charge in [-0.2, -0.15) is 0 Å². The molecule has 1 fully saturated rings. The summed E-state index contributed by atoms with van der Waals surface area (Å²) in [6.45, 7) is 5.64. The number of guanidine groups is 1. The first-order valence-corrected chi connectivity index (χ1v) is 7.83. The van der Waals surface area contributed by atoms with Crippen molar-refractivity contribution in [2.24, 2.45) is 4.99 Å². The lowest BCUT2D eigenvalue weighted by Gasteiger charge is -2.36. The van der Waals surface area contributed by atoms with E-state index in [1.54, 1.807) is 13.3 Å². The Kier molecular flexibility index (Phi) is 9.42. The Hall–Kier alpha value is -0.930. The van der Waals surface area contributed by atoms with Gasteiger partial charge in [-0.1, -0.05) is 6.07 Å². The molecule has 6 nitrogen and oxygen atoms in total. The smallest absolute Gasteiger partial charge is 0.191 e. The fourth-order valence-corrected chi connectivity index (χ4v) is 2.43. The number of hydrogen-bond donors (Lipinski definition) is 2. The average Bonchev–Trinajstić information content (AvgIpc) is 2.59. The van der Waals surface area contributed by atoms with Gasteiger partial charge in [-0.25, -0.2) is 4.99 Å². The predicted octanol–water partition coefficient (Wildman–Crippen LogP) is 1.95. The normalized spacial score (nSPS) is 17.2. The summed E-state index contributed by atoms with van der Waals surface area (Å²) in [6.07, 6.45) is 3.58. The summed E-state index contributed by atoms with van der Waals surface area (Å²) >= 11 is 0. The highest BCUT2D eigenvalue weighted by Crippen LogP contribution is 2.23. The first-order valence-electron chi connectivity index (χ1n) is 7.83. The van der Waals surface area contributed by atoms with E-state index in [2.05, 4.69) is 27.5 Å². The molecule has 130 valence electrons. The molecule has 0 saturated carbocycles. The number of nitrogens with zero attached hydrogens (tertiary/aromatic N) is 2. The van der Waals surface area contributed by atoms with Crippen LogP contribution in [-0.2, 0) is 16.0 Å². The van der Waals surface area contributed by atoms with Crippen LogP contribution >= 0.6 is 24.0 Å². The third kappa shape index (κ3) is 6.60. The molecule has 0 aromatic carbocycles. The first kappa shape index (κ1) is 20.1. The van der Waals surface area contributed by atoms with Crippen LogP contribution in [-0.4, -0.2) is 50.0 Å². The molecule has 1 saturated heterocycles. The van der Waals surface area contributed by atoms with Crippen molar-refractivity contribution in [2.75, 3.05) is 33.4 Å². The van der Waals surface area contributed by atoms with Crippen molar-refractivity contribution < 1.29 is 9.47 Å². The third-order valence-corrected chi connectivity index (χ3v) is 3.88. The SMILES string of the molecule is CCNC(=NCc1ccccn1)NCC1(OC)CCOCC1.I. The predicted molar refractivity (Wildman–Crippen MR) is 102 cm³/mol. The monoisotopic (exact) mass is 434 g/mol. The van der Waals surface area contributed by atoms with E-state index < -0.39 is 0 Å². The second-order valence-electron chi connectivity index (χ2n) is 5.37. The standard InChI is InChI=1S/C16H26N4O2.HI/c1-3-17-15(19-12-14-6-4-5-9-18-14)20-13-16(21-2)7-10-22-11-8-16;/h4-6,9H,3,7-8,10-13H2,1-2H3,(H2,17,19,20);1H. The van der Waals surface area contributed by atoms with Crippen molar-refractivity contribution in [2.45, 2.75) is 31.9 Å². The van der Waals surface area contributed by atoms with Crippen LogP contribution in [0.4, 0.5) is 0 Å². The van der Waals surface area contributed by atoms with Crippen LogP contribution < -0.4 is 10.6 Å². The Morgan fingerprint density at radius 2 is 2.13 bits per heavy atom. The lowest BCUT2D eigenvalue weighted by atomic mass is 9.94. The molecule has 0 unspecified atom stereocenters. The van der Waals surface area contributed by atoms with Gasteiger partial charge >= 0.3 is 0 Å². The quantitative estimate of drug-likeness (QED) is 0.407. The van der Waals surface area contributed by atoms with Gasteiger partial charge in [-0.3, -0.25) is 4.98 Å². The highest BCUT2D eigenvalue weighted by atomic mass is 127. The highest BCUT2D eigenvalue weighted by molar-refractivity contribution is 14.0. The summed E-state index contributed by atoms with van der Waals surface area (Å²) < 4.78 is 11.2. The number of methoxy groups -OCH3 is 1. The molecule has 1 aromatic rings. The molecule has 0 radical (unpaired) electrons. The van der Waals surface area contributed by atoms with Crippen molar-refractivity contribution in [3.05, 3.63) is 30.1 Å². The van der Waals surface area contributed by atoms with E-state index in [4.69, 9.17) is 9.47 Å².